The second-order valence-corrected chi connectivity index (χ2v) is 6.58. The zero-order valence-electron chi connectivity index (χ0n) is 14.0. The van der Waals surface area contributed by atoms with Crippen LogP contribution in [-0.4, -0.2) is 43.1 Å². The fourth-order valence-corrected chi connectivity index (χ4v) is 3.18. The molecule has 0 bridgehead atoms. The number of methoxy groups -OCH3 is 1. The molecule has 0 aliphatic heterocycles. The zero-order chi connectivity index (χ0) is 15.8. The molecule has 2 N–H and O–H groups in total. The molecule has 0 saturated carbocycles. The van der Waals surface area contributed by atoms with Gasteiger partial charge >= 0.3 is 0 Å². The van der Waals surface area contributed by atoms with Crippen LogP contribution in [0.4, 0.5) is 0 Å². The molecule has 0 radical (unpaired) electrons. The highest BCUT2D eigenvalue weighted by molar-refractivity contribution is 7.98. The first-order chi connectivity index (χ1) is 10.0. The maximum absolute atomic E-state index is 6.42. The van der Waals surface area contributed by atoms with E-state index in [1.54, 1.807) is 7.11 Å². The van der Waals surface area contributed by atoms with E-state index in [1.807, 2.05) is 23.9 Å². The summed E-state index contributed by atoms with van der Waals surface area (Å²) in [5.41, 5.74) is 7.66. The largest absolute Gasteiger partial charge is 0.497 e. The lowest BCUT2D eigenvalue weighted by Crippen LogP contribution is -2.43. The van der Waals surface area contributed by atoms with E-state index in [0.29, 0.717) is 6.04 Å². The molecule has 0 heterocycles. The van der Waals surface area contributed by atoms with Gasteiger partial charge in [0.05, 0.1) is 7.11 Å². The van der Waals surface area contributed by atoms with E-state index in [4.69, 9.17) is 10.5 Å². The Morgan fingerprint density at radius 3 is 2.67 bits per heavy atom. The van der Waals surface area contributed by atoms with Crippen LogP contribution in [0, 0.1) is 0 Å². The standard InChI is InChI=1S/C17H30N2OS/c1-6-16(18)17(19(3)13(2)10-11-21-5)14-8-7-9-15(12-14)20-4/h7-9,12-13,16-17H,6,10-11,18H2,1-5H3. The predicted octanol–water partition coefficient (Wildman–Crippen LogP) is 3.55. The second-order valence-electron chi connectivity index (χ2n) is 5.59. The number of rotatable bonds is 9. The highest BCUT2D eigenvalue weighted by atomic mass is 32.2. The number of nitrogens with two attached hydrogens (primary N) is 1. The summed E-state index contributed by atoms with van der Waals surface area (Å²) in [6.45, 7) is 4.43. The second kappa shape index (κ2) is 9.34. The van der Waals surface area contributed by atoms with E-state index in [9.17, 15) is 0 Å². The van der Waals surface area contributed by atoms with Crippen molar-refractivity contribution in [1.29, 1.82) is 0 Å². The van der Waals surface area contributed by atoms with Gasteiger partial charge in [-0.3, -0.25) is 4.90 Å². The Bertz CT molecular complexity index is 414. The predicted molar refractivity (Wildman–Crippen MR) is 94.2 cm³/mol. The summed E-state index contributed by atoms with van der Waals surface area (Å²) in [4.78, 5) is 2.42. The number of benzene rings is 1. The molecule has 3 nitrogen and oxygen atoms in total. The van der Waals surface area contributed by atoms with Crippen molar-refractivity contribution in [2.24, 2.45) is 5.73 Å². The average molecular weight is 311 g/mol. The van der Waals surface area contributed by atoms with Gasteiger partial charge in [0.25, 0.3) is 0 Å². The van der Waals surface area contributed by atoms with Gasteiger partial charge in [-0.1, -0.05) is 19.1 Å². The van der Waals surface area contributed by atoms with Crippen LogP contribution in [0.3, 0.4) is 0 Å². The van der Waals surface area contributed by atoms with E-state index in [0.717, 1.165) is 12.2 Å². The van der Waals surface area contributed by atoms with Crippen LogP contribution in [0.5, 0.6) is 5.75 Å². The van der Waals surface area contributed by atoms with Crippen LogP contribution in [0.15, 0.2) is 24.3 Å². The number of hydrogen-bond donors (Lipinski definition) is 1. The minimum atomic E-state index is 0.124. The minimum absolute atomic E-state index is 0.124. The van der Waals surface area contributed by atoms with E-state index < -0.39 is 0 Å². The van der Waals surface area contributed by atoms with Crippen LogP contribution in [0.1, 0.15) is 38.3 Å². The van der Waals surface area contributed by atoms with Gasteiger partial charge in [-0.05, 0) is 56.5 Å². The summed E-state index contributed by atoms with van der Waals surface area (Å²) < 4.78 is 5.36. The van der Waals surface area contributed by atoms with Crippen molar-refractivity contribution in [2.45, 2.75) is 44.8 Å². The molecule has 3 unspecified atom stereocenters. The first-order valence-electron chi connectivity index (χ1n) is 7.65. The van der Waals surface area contributed by atoms with Gasteiger partial charge in [-0.25, -0.2) is 0 Å². The van der Waals surface area contributed by atoms with Crippen molar-refractivity contribution in [2.75, 3.05) is 26.2 Å². The van der Waals surface area contributed by atoms with E-state index >= 15 is 0 Å². The van der Waals surface area contributed by atoms with E-state index in [1.165, 1.54) is 17.7 Å². The molecular weight excluding hydrogens is 280 g/mol. The molecule has 0 aliphatic rings. The molecule has 0 spiro atoms. The molecule has 1 aromatic carbocycles. The maximum Gasteiger partial charge on any atom is 0.119 e. The first-order valence-corrected chi connectivity index (χ1v) is 9.04. The average Bonchev–Trinajstić information content (AvgIpc) is 2.52. The van der Waals surface area contributed by atoms with Crippen LogP contribution >= 0.6 is 11.8 Å². The summed E-state index contributed by atoms with van der Waals surface area (Å²) in [7, 11) is 3.89. The van der Waals surface area contributed by atoms with Crippen LogP contribution in [0.2, 0.25) is 0 Å². The van der Waals surface area contributed by atoms with Gasteiger partial charge in [0.2, 0.25) is 0 Å². The number of thioether (sulfide) groups is 1. The Balaban J connectivity index is 2.98. The fourth-order valence-electron chi connectivity index (χ4n) is 2.60. The Morgan fingerprint density at radius 1 is 1.38 bits per heavy atom. The summed E-state index contributed by atoms with van der Waals surface area (Å²) in [6.07, 6.45) is 4.29. The van der Waals surface area contributed by atoms with Crippen molar-refractivity contribution in [3.8, 4) is 5.75 Å². The summed E-state index contributed by atoms with van der Waals surface area (Å²) in [5, 5.41) is 0. The van der Waals surface area contributed by atoms with Crippen molar-refractivity contribution in [3.05, 3.63) is 29.8 Å². The Morgan fingerprint density at radius 2 is 2.10 bits per heavy atom. The Labute approximate surface area is 134 Å². The Hall–Kier alpha value is -0.710. The van der Waals surface area contributed by atoms with Gasteiger partial charge in [-0.15, -0.1) is 0 Å². The minimum Gasteiger partial charge on any atom is -0.497 e. The molecule has 0 saturated heterocycles. The molecular formula is C17H30N2OS. The van der Waals surface area contributed by atoms with Crippen molar-refractivity contribution < 1.29 is 4.74 Å². The third-order valence-electron chi connectivity index (χ3n) is 4.19. The normalized spacial score (nSPS) is 15.8. The Kier molecular flexibility index (Phi) is 8.15. The smallest absolute Gasteiger partial charge is 0.119 e. The van der Waals surface area contributed by atoms with Gasteiger partial charge in [0.1, 0.15) is 5.75 Å². The third kappa shape index (κ3) is 5.20. The molecule has 4 heteroatoms. The maximum atomic E-state index is 6.42. The molecule has 0 aromatic heterocycles. The van der Waals surface area contributed by atoms with Gasteiger partial charge in [0, 0.05) is 18.1 Å². The molecule has 0 amide bonds. The summed E-state index contributed by atoms with van der Waals surface area (Å²) in [6, 6.07) is 9.14. The van der Waals surface area contributed by atoms with Crippen LogP contribution in [-0.2, 0) is 0 Å². The monoisotopic (exact) mass is 310 g/mol. The molecule has 120 valence electrons. The molecule has 0 fully saturated rings. The molecule has 3 atom stereocenters. The number of ether oxygens (including phenoxy) is 1. The van der Waals surface area contributed by atoms with Crippen molar-refractivity contribution in [3.63, 3.8) is 0 Å². The first kappa shape index (κ1) is 18.3. The topological polar surface area (TPSA) is 38.5 Å². The molecule has 21 heavy (non-hydrogen) atoms. The molecule has 1 aromatic rings. The highest BCUT2D eigenvalue weighted by Crippen LogP contribution is 2.29. The molecule has 0 aliphatic carbocycles. The third-order valence-corrected chi connectivity index (χ3v) is 4.83. The van der Waals surface area contributed by atoms with Gasteiger partial charge < -0.3 is 10.5 Å². The lowest BCUT2D eigenvalue weighted by Gasteiger charge is -2.37. The van der Waals surface area contributed by atoms with Crippen molar-refractivity contribution >= 4 is 11.8 Å². The lowest BCUT2D eigenvalue weighted by molar-refractivity contribution is 0.155. The number of nitrogens with zero attached hydrogens (tertiary/aromatic N) is 1. The van der Waals surface area contributed by atoms with Gasteiger partial charge in [-0.2, -0.15) is 11.8 Å². The zero-order valence-corrected chi connectivity index (χ0v) is 14.8. The number of hydrogen-bond acceptors (Lipinski definition) is 4. The van der Waals surface area contributed by atoms with Gasteiger partial charge in [0.15, 0.2) is 0 Å². The van der Waals surface area contributed by atoms with Crippen LogP contribution in [0.25, 0.3) is 0 Å². The fraction of sp³-hybridized carbons (Fsp3) is 0.647. The van der Waals surface area contributed by atoms with E-state index in [-0.39, 0.29) is 12.1 Å². The van der Waals surface area contributed by atoms with Crippen LogP contribution < -0.4 is 10.5 Å². The SMILES string of the molecule is CCC(N)C(c1cccc(OC)c1)N(C)C(C)CCSC. The van der Waals surface area contributed by atoms with E-state index in [2.05, 4.69) is 44.2 Å². The van der Waals surface area contributed by atoms with Crippen molar-refractivity contribution in [1.82, 2.24) is 4.90 Å². The summed E-state index contributed by atoms with van der Waals surface area (Å²) >= 11 is 1.90. The quantitative estimate of drug-likeness (QED) is 0.757. The highest BCUT2D eigenvalue weighted by Gasteiger charge is 2.26. The number of likely N-dealkylation sites (N-methyl/N-ethyl adjacent to an activating group) is 1. The summed E-state index contributed by atoms with van der Waals surface area (Å²) in [5.74, 6) is 2.07. The molecule has 1 rings (SSSR count). The lowest BCUT2D eigenvalue weighted by atomic mass is 9.95.